The minimum Gasteiger partial charge on any atom is -0.481 e. The number of carboxylic acids is 1. The van der Waals surface area contributed by atoms with Crippen LogP contribution in [0.15, 0.2) is 10.3 Å². The number of fused-ring (bicyclic) bond motifs is 1. The van der Waals surface area contributed by atoms with Gasteiger partial charge in [0.05, 0.1) is 0 Å². The third-order valence-electron chi connectivity index (χ3n) is 6.05. The smallest absolute Gasteiger partial charge is 0.407 e. The summed E-state index contributed by atoms with van der Waals surface area (Å²) < 4.78 is 10.6. The number of carbonyl (C=O) groups is 4. The van der Waals surface area contributed by atoms with Gasteiger partial charge in [0.1, 0.15) is 29.0 Å². The number of rotatable bonds is 12. The van der Waals surface area contributed by atoms with Crippen molar-refractivity contribution in [1.29, 1.82) is 0 Å². The van der Waals surface area contributed by atoms with Gasteiger partial charge in [-0.25, -0.2) is 9.48 Å². The Balaban J connectivity index is 1.34. The zero-order valence-corrected chi connectivity index (χ0v) is 26.1. The largest absolute Gasteiger partial charge is 0.481 e. The Morgan fingerprint density at radius 2 is 2.09 bits per heavy atom. The average molecular weight is 658 g/mol. The molecule has 234 valence electrons. The Hall–Kier alpha value is -3.72. The molecule has 2 fully saturated rings. The van der Waals surface area contributed by atoms with Gasteiger partial charge in [-0.2, -0.15) is 9.36 Å². The van der Waals surface area contributed by atoms with Gasteiger partial charge in [0, 0.05) is 49.6 Å². The highest BCUT2D eigenvalue weighted by Gasteiger charge is 2.57. The number of amides is 3. The van der Waals surface area contributed by atoms with E-state index >= 15 is 0 Å². The van der Waals surface area contributed by atoms with Gasteiger partial charge in [0.15, 0.2) is 5.13 Å². The maximum Gasteiger partial charge on any atom is 0.407 e. The number of carboxylic acid groups (broad SMARTS) is 1. The van der Waals surface area contributed by atoms with E-state index in [0.717, 1.165) is 11.5 Å². The van der Waals surface area contributed by atoms with Gasteiger partial charge < -0.3 is 35.9 Å². The number of aromatic nitrogens is 6. The maximum absolute atomic E-state index is 13.2. The molecule has 4 rings (SSSR count). The number of nitrogens with zero attached hydrogens (tertiary/aromatic N) is 8. The van der Waals surface area contributed by atoms with Gasteiger partial charge in [-0.3, -0.25) is 14.4 Å². The first-order valence-corrected chi connectivity index (χ1v) is 15.7. The predicted octanol–water partition coefficient (Wildman–Crippen LogP) is -0.457. The monoisotopic (exact) mass is 657 g/mol. The lowest BCUT2D eigenvalue weighted by molar-refractivity contribution is -0.157. The highest BCUT2D eigenvalue weighted by molar-refractivity contribution is 8.00. The van der Waals surface area contributed by atoms with Gasteiger partial charge in [0.2, 0.25) is 22.6 Å². The Kier molecular flexibility index (Phi) is 9.95. The molecule has 0 aliphatic carbocycles. The molecular weight excluding hydrogens is 627 g/mol. The summed E-state index contributed by atoms with van der Waals surface area (Å²) in [5.74, 6) is -1.96. The van der Waals surface area contributed by atoms with Crippen LogP contribution >= 0.6 is 35.1 Å². The summed E-state index contributed by atoms with van der Waals surface area (Å²) in [5.41, 5.74) is 3.54. The van der Waals surface area contributed by atoms with E-state index in [-0.39, 0.29) is 47.9 Å². The minimum absolute atomic E-state index is 0.0327. The number of aryl methyl sites for hydroxylation is 1. The van der Waals surface area contributed by atoms with E-state index in [1.54, 1.807) is 27.8 Å². The van der Waals surface area contributed by atoms with Crippen molar-refractivity contribution < 1.29 is 33.9 Å². The quantitative estimate of drug-likeness (QED) is 0.0742. The van der Waals surface area contributed by atoms with Crippen LogP contribution in [0, 0.1) is 5.41 Å². The van der Waals surface area contributed by atoms with Gasteiger partial charge in [-0.1, -0.05) is 16.9 Å². The number of ether oxygens (including phenoxy) is 1. The van der Waals surface area contributed by atoms with Crippen LogP contribution in [-0.2, 0) is 31.0 Å². The van der Waals surface area contributed by atoms with Crippen molar-refractivity contribution in [2.24, 2.45) is 17.6 Å². The van der Waals surface area contributed by atoms with Gasteiger partial charge in [-0.15, -0.1) is 16.9 Å². The lowest BCUT2D eigenvalue weighted by Gasteiger charge is -2.53. The van der Waals surface area contributed by atoms with E-state index < -0.39 is 46.3 Å². The molecule has 0 bridgehead atoms. The molecule has 2 aliphatic heterocycles. The number of oxime groups is 1. The number of tetrazole rings is 1. The Morgan fingerprint density at radius 1 is 1.33 bits per heavy atom. The van der Waals surface area contributed by atoms with E-state index in [1.807, 2.05) is 0 Å². The molecule has 3 atom stereocenters. The van der Waals surface area contributed by atoms with Crippen molar-refractivity contribution in [3.8, 4) is 0 Å². The summed E-state index contributed by atoms with van der Waals surface area (Å²) >= 11 is 3.31. The first kappa shape index (κ1) is 32.2. The third-order valence-corrected chi connectivity index (χ3v) is 9.48. The van der Waals surface area contributed by atoms with Crippen LogP contribution in [-0.4, -0.2) is 117 Å². The molecule has 18 nitrogen and oxygen atoms in total. The van der Waals surface area contributed by atoms with E-state index in [1.165, 1.54) is 33.1 Å². The van der Waals surface area contributed by atoms with Gasteiger partial charge in [0.25, 0.3) is 5.91 Å². The molecule has 0 saturated carbocycles. The fraction of sp³-hybridized carbons (Fsp3) is 0.636. The standard InChI is InChI=1S/C22H31N11O7S3/c1-21(2,3)40-20(38)24-6-5-7-39-28-11(13-26-18(23)43-29-13)14(34)25-12-15(35)33-8-22(17(36)37,9-41-16(12)33)10-42-19-27-30-31-32(19)4/h12,16H,5-10H2,1-4H3,(H,24,38)(H,25,34)(H,36,37)(H2,23,26,29)/t12?,16-,22?/m1/s1. The molecule has 2 unspecified atom stereocenters. The number of aliphatic carboxylic acids is 1. The average Bonchev–Trinajstić information content (AvgIpc) is 3.55. The van der Waals surface area contributed by atoms with Crippen molar-refractivity contribution in [3.63, 3.8) is 0 Å². The Labute approximate surface area is 258 Å². The number of alkyl carbamates (subject to hydrolysis) is 1. The second-order valence-electron chi connectivity index (χ2n) is 10.6. The molecule has 0 radical (unpaired) electrons. The van der Waals surface area contributed by atoms with E-state index in [0.29, 0.717) is 11.6 Å². The zero-order chi connectivity index (χ0) is 31.4. The normalized spacial score (nSPS) is 21.9. The number of carbonyl (C=O) groups excluding carboxylic acids is 3. The number of nitrogen functional groups attached to an aromatic ring is 1. The fourth-order valence-corrected chi connectivity index (χ4v) is 7.07. The van der Waals surface area contributed by atoms with Gasteiger partial charge in [-0.05, 0) is 31.2 Å². The summed E-state index contributed by atoms with van der Waals surface area (Å²) in [4.78, 5) is 61.0. The molecule has 2 aromatic heterocycles. The van der Waals surface area contributed by atoms with E-state index in [4.69, 9.17) is 15.3 Å². The first-order valence-electron chi connectivity index (χ1n) is 12.9. The molecular formula is C22H31N11O7S3. The van der Waals surface area contributed by atoms with Crippen LogP contribution < -0.4 is 16.4 Å². The lowest BCUT2D eigenvalue weighted by Crippen LogP contribution is -2.74. The highest BCUT2D eigenvalue weighted by atomic mass is 32.2. The minimum atomic E-state index is -1.23. The molecule has 43 heavy (non-hydrogen) atoms. The topological polar surface area (TPSA) is 242 Å². The number of anilines is 1. The predicted molar refractivity (Wildman–Crippen MR) is 155 cm³/mol. The van der Waals surface area contributed by atoms with Crippen LogP contribution in [0.2, 0.25) is 0 Å². The van der Waals surface area contributed by atoms with Gasteiger partial charge >= 0.3 is 12.1 Å². The number of thioether (sulfide) groups is 2. The van der Waals surface area contributed by atoms with Crippen LogP contribution in [0.3, 0.4) is 0 Å². The molecule has 21 heteroatoms. The van der Waals surface area contributed by atoms with E-state index in [2.05, 4.69) is 40.7 Å². The maximum atomic E-state index is 13.2. The SMILES string of the molecule is Cn1nnnc1SCC1(C(=O)O)CS[C@@H]2C(NC(=O)C(=NOCCCNC(=O)OC(C)(C)C)c3nsc(N)n3)C(=O)N2C1. The number of hydrogen-bond acceptors (Lipinski definition) is 16. The Bertz CT molecular complexity index is 1390. The number of hydrogen-bond donors (Lipinski definition) is 4. The van der Waals surface area contributed by atoms with Crippen molar-refractivity contribution in [2.75, 3.05) is 36.9 Å². The van der Waals surface area contributed by atoms with Crippen molar-refractivity contribution >= 4 is 69.8 Å². The molecule has 0 spiro atoms. The molecule has 5 N–H and O–H groups in total. The summed E-state index contributed by atoms with van der Waals surface area (Å²) in [6, 6.07) is -0.918. The number of β-lactam (4-membered cyclic amide) rings is 1. The summed E-state index contributed by atoms with van der Waals surface area (Å²) in [5, 5.41) is 30.4. The van der Waals surface area contributed by atoms with Crippen LogP contribution in [0.4, 0.5) is 9.93 Å². The Morgan fingerprint density at radius 3 is 2.72 bits per heavy atom. The fourth-order valence-electron chi connectivity index (χ4n) is 3.93. The molecule has 2 aliphatic rings. The molecule has 0 aromatic carbocycles. The third kappa shape index (κ3) is 7.82. The highest BCUT2D eigenvalue weighted by Crippen LogP contribution is 2.44. The molecule has 2 saturated heterocycles. The van der Waals surface area contributed by atoms with Crippen LogP contribution in [0.5, 0.6) is 0 Å². The van der Waals surface area contributed by atoms with Crippen molar-refractivity contribution in [3.05, 3.63) is 5.82 Å². The van der Waals surface area contributed by atoms with Crippen molar-refractivity contribution in [2.45, 2.75) is 49.4 Å². The molecule has 2 aromatic rings. The summed E-state index contributed by atoms with van der Waals surface area (Å²) in [7, 11) is 1.65. The first-order chi connectivity index (χ1) is 20.3. The molecule has 3 amide bonds. The second-order valence-corrected chi connectivity index (χ2v) is 13.4. The summed E-state index contributed by atoms with van der Waals surface area (Å²) in [6.07, 6.45) is -0.212. The van der Waals surface area contributed by atoms with Crippen LogP contribution in [0.1, 0.15) is 33.0 Å². The van der Waals surface area contributed by atoms with Crippen molar-refractivity contribution in [1.82, 2.24) is 45.1 Å². The van der Waals surface area contributed by atoms with E-state index in [9.17, 15) is 24.3 Å². The number of nitrogens with two attached hydrogens (primary N) is 1. The lowest BCUT2D eigenvalue weighted by atomic mass is 9.89. The van der Waals surface area contributed by atoms with Crippen LogP contribution in [0.25, 0.3) is 0 Å². The summed E-state index contributed by atoms with van der Waals surface area (Å²) in [6.45, 7) is 5.51. The number of nitrogens with one attached hydrogen (secondary N) is 2. The zero-order valence-electron chi connectivity index (χ0n) is 23.7. The second kappa shape index (κ2) is 13.3. The molecule has 4 heterocycles.